The third-order valence-electron chi connectivity index (χ3n) is 5.78. The molecule has 0 saturated carbocycles. The van der Waals surface area contributed by atoms with Gasteiger partial charge in [0, 0.05) is 9.13 Å². The van der Waals surface area contributed by atoms with Crippen molar-refractivity contribution in [2.45, 2.75) is 6.04 Å². The van der Waals surface area contributed by atoms with E-state index in [-0.39, 0.29) is 11.3 Å². The highest BCUT2D eigenvalue weighted by Crippen LogP contribution is 2.44. The van der Waals surface area contributed by atoms with E-state index in [2.05, 4.69) is 27.6 Å². The highest BCUT2D eigenvalue weighted by molar-refractivity contribution is 14.1. The Morgan fingerprint density at radius 2 is 1.63 bits per heavy atom. The average molecular weight is 598 g/mol. The molecule has 9 heteroatoms. The first kappa shape index (κ1) is 23.3. The van der Waals surface area contributed by atoms with Crippen LogP contribution in [0.25, 0.3) is 16.0 Å². The molecule has 2 heterocycles. The summed E-state index contributed by atoms with van der Waals surface area (Å²) < 4.78 is 12.3. The van der Waals surface area contributed by atoms with Gasteiger partial charge in [-0.3, -0.25) is 14.5 Å². The zero-order valence-electron chi connectivity index (χ0n) is 18.7. The summed E-state index contributed by atoms with van der Waals surface area (Å²) in [5, 5.41) is 11.6. The molecule has 35 heavy (non-hydrogen) atoms. The molecule has 1 unspecified atom stereocenters. The molecule has 3 aromatic carbocycles. The zero-order chi connectivity index (χ0) is 24.7. The van der Waals surface area contributed by atoms with Crippen molar-refractivity contribution in [2.75, 3.05) is 19.1 Å². The van der Waals surface area contributed by atoms with Crippen molar-refractivity contribution >= 4 is 66.7 Å². The van der Waals surface area contributed by atoms with Gasteiger partial charge in [0.25, 0.3) is 5.78 Å². The Morgan fingerprint density at radius 1 is 0.971 bits per heavy atom. The maximum Gasteiger partial charge on any atom is 0.301 e. The van der Waals surface area contributed by atoms with E-state index in [0.29, 0.717) is 33.3 Å². The number of carbonyl (C=O) groups excluding carboxylic acids is 2. The molecule has 1 fully saturated rings. The summed E-state index contributed by atoms with van der Waals surface area (Å²) in [4.78, 5) is 32.7. The van der Waals surface area contributed by atoms with Crippen LogP contribution in [-0.2, 0) is 9.59 Å². The number of hydrogen-bond donors (Lipinski definition) is 1. The van der Waals surface area contributed by atoms with Crippen LogP contribution in [0.2, 0.25) is 0 Å². The van der Waals surface area contributed by atoms with Crippen molar-refractivity contribution in [1.29, 1.82) is 0 Å². The number of fused-ring (bicyclic) bond motifs is 1. The first-order valence-electron chi connectivity index (χ1n) is 10.6. The van der Waals surface area contributed by atoms with Crippen LogP contribution in [0.5, 0.6) is 11.5 Å². The predicted molar refractivity (Wildman–Crippen MR) is 143 cm³/mol. The van der Waals surface area contributed by atoms with Gasteiger partial charge < -0.3 is 14.6 Å². The number of rotatable bonds is 5. The summed E-state index contributed by atoms with van der Waals surface area (Å²) in [5.41, 5.74) is 1.80. The van der Waals surface area contributed by atoms with Crippen LogP contribution in [-0.4, -0.2) is 36.0 Å². The zero-order valence-corrected chi connectivity index (χ0v) is 21.7. The normalized spacial score (nSPS) is 17.2. The SMILES string of the molecule is COc1ccc(C(O)=C2C(=O)C(=O)N(c3nc4ccc(OC)cc4s3)C2c2ccc(I)cc2)cc1. The summed E-state index contributed by atoms with van der Waals surface area (Å²) >= 11 is 3.48. The van der Waals surface area contributed by atoms with Gasteiger partial charge in [-0.1, -0.05) is 23.5 Å². The highest BCUT2D eigenvalue weighted by atomic mass is 127. The summed E-state index contributed by atoms with van der Waals surface area (Å²) in [6.45, 7) is 0. The Bertz CT molecular complexity index is 1480. The summed E-state index contributed by atoms with van der Waals surface area (Å²) in [5.74, 6) is -0.474. The van der Waals surface area contributed by atoms with E-state index in [0.717, 1.165) is 8.27 Å². The van der Waals surface area contributed by atoms with Gasteiger partial charge in [-0.2, -0.15) is 0 Å². The number of ketones is 1. The summed E-state index contributed by atoms with van der Waals surface area (Å²) in [6.07, 6.45) is 0. The second-order valence-electron chi connectivity index (χ2n) is 7.78. The number of methoxy groups -OCH3 is 2. The number of aliphatic hydroxyl groups is 1. The largest absolute Gasteiger partial charge is 0.507 e. The van der Waals surface area contributed by atoms with Crippen molar-refractivity contribution in [3.63, 3.8) is 0 Å². The van der Waals surface area contributed by atoms with Crippen LogP contribution in [0.4, 0.5) is 5.13 Å². The molecule has 5 rings (SSSR count). The number of aliphatic hydroxyl groups excluding tert-OH is 1. The minimum atomic E-state index is -0.837. The van der Waals surface area contributed by atoms with Crippen LogP contribution < -0.4 is 14.4 Å². The standard InChI is InChI=1S/C26H19IN2O5S/c1-33-17-9-5-15(6-10-17)23(30)21-22(14-3-7-16(27)8-4-14)29(25(32)24(21)31)26-28-19-12-11-18(34-2)13-20(19)35-26/h3-13,22,30H,1-2H3. The lowest BCUT2D eigenvalue weighted by Gasteiger charge is -2.23. The number of anilines is 1. The molecular weight excluding hydrogens is 579 g/mol. The number of hydrogen-bond acceptors (Lipinski definition) is 7. The molecule has 0 spiro atoms. The molecule has 0 aliphatic carbocycles. The second-order valence-corrected chi connectivity index (χ2v) is 10.0. The smallest absolute Gasteiger partial charge is 0.301 e. The molecule has 1 saturated heterocycles. The van der Waals surface area contributed by atoms with Crippen LogP contribution in [0.15, 0.2) is 72.3 Å². The lowest BCUT2D eigenvalue weighted by molar-refractivity contribution is -0.132. The van der Waals surface area contributed by atoms with Gasteiger partial charge in [0.1, 0.15) is 17.3 Å². The first-order chi connectivity index (χ1) is 16.9. The topological polar surface area (TPSA) is 89.0 Å². The van der Waals surface area contributed by atoms with Gasteiger partial charge in [0.15, 0.2) is 5.13 Å². The van der Waals surface area contributed by atoms with Gasteiger partial charge in [0.05, 0.1) is 36.1 Å². The quantitative estimate of drug-likeness (QED) is 0.140. The van der Waals surface area contributed by atoms with Crippen molar-refractivity contribution in [3.05, 3.63) is 87.0 Å². The van der Waals surface area contributed by atoms with Crippen LogP contribution in [0.1, 0.15) is 17.2 Å². The monoisotopic (exact) mass is 598 g/mol. The van der Waals surface area contributed by atoms with Gasteiger partial charge in [0.2, 0.25) is 0 Å². The average Bonchev–Trinajstić information content (AvgIpc) is 3.41. The third-order valence-corrected chi connectivity index (χ3v) is 7.52. The van der Waals surface area contributed by atoms with E-state index in [1.807, 2.05) is 36.4 Å². The minimum Gasteiger partial charge on any atom is -0.507 e. The molecule has 1 aliphatic heterocycles. The fraction of sp³-hybridized carbons (Fsp3) is 0.115. The number of nitrogens with zero attached hydrogens (tertiary/aromatic N) is 2. The van der Waals surface area contributed by atoms with Crippen molar-refractivity contribution in [2.24, 2.45) is 0 Å². The van der Waals surface area contributed by atoms with E-state index < -0.39 is 17.7 Å². The Hall–Kier alpha value is -3.44. The maximum atomic E-state index is 13.4. The fourth-order valence-electron chi connectivity index (χ4n) is 4.02. The maximum absolute atomic E-state index is 13.4. The number of aromatic nitrogens is 1. The van der Waals surface area contributed by atoms with Gasteiger partial charge in [-0.25, -0.2) is 4.98 Å². The number of halogens is 1. The molecule has 1 aromatic heterocycles. The number of thiazole rings is 1. The van der Waals surface area contributed by atoms with E-state index in [1.165, 1.54) is 16.2 Å². The minimum absolute atomic E-state index is 0.0122. The summed E-state index contributed by atoms with van der Waals surface area (Å²) in [6, 6.07) is 18.8. The van der Waals surface area contributed by atoms with E-state index >= 15 is 0 Å². The van der Waals surface area contributed by atoms with Crippen molar-refractivity contribution < 1.29 is 24.2 Å². The molecule has 4 aromatic rings. The molecular formula is C26H19IN2O5S. The molecule has 1 aliphatic rings. The van der Waals surface area contributed by atoms with Gasteiger partial charge in [-0.05, 0) is 82.8 Å². The number of carbonyl (C=O) groups is 2. The Morgan fingerprint density at radius 3 is 2.29 bits per heavy atom. The highest BCUT2D eigenvalue weighted by Gasteiger charge is 2.48. The number of ether oxygens (including phenoxy) is 2. The number of amides is 1. The van der Waals surface area contributed by atoms with Crippen molar-refractivity contribution in [3.8, 4) is 11.5 Å². The lowest BCUT2D eigenvalue weighted by Crippen LogP contribution is -2.29. The van der Waals surface area contributed by atoms with Gasteiger partial charge in [-0.15, -0.1) is 0 Å². The Labute approximate surface area is 218 Å². The molecule has 1 amide bonds. The van der Waals surface area contributed by atoms with Crippen molar-refractivity contribution in [1.82, 2.24) is 4.98 Å². The fourth-order valence-corrected chi connectivity index (χ4v) is 5.40. The molecule has 1 atom stereocenters. The number of Topliss-reactive ketones (excluding diaryl/α,β-unsaturated/α-hetero) is 1. The molecule has 1 N–H and O–H groups in total. The van der Waals surface area contributed by atoms with Gasteiger partial charge >= 0.3 is 5.91 Å². The molecule has 176 valence electrons. The van der Waals surface area contributed by atoms with E-state index in [4.69, 9.17) is 9.47 Å². The molecule has 0 bridgehead atoms. The molecule has 0 radical (unpaired) electrons. The second kappa shape index (κ2) is 9.31. The van der Waals surface area contributed by atoms with E-state index in [1.54, 1.807) is 44.6 Å². The van der Waals surface area contributed by atoms with Crippen LogP contribution >= 0.6 is 33.9 Å². The Kier molecular flexibility index (Phi) is 6.20. The third kappa shape index (κ3) is 4.14. The molecule has 7 nitrogen and oxygen atoms in total. The van der Waals surface area contributed by atoms with E-state index in [9.17, 15) is 14.7 Å². The summed E-state index contributed by atoms with van der Waals surface area (Å²) in [7, 11) is 3.13. The van der Waals surface area contributed by atoms with Crippen LogP contribution in [0.3, 0.4) is 0 Å². The first-order valence-corrected chi connectivity index (χ1v) is 12.5. The number of benzene rings is 3. The Balaban J connectivity index is 1.69. The lowest BCUT2D eigenvalue weighted by atomic mass is 9.95. The predicted octanol–water partition coefficient (Wildman–Crippen LogP) is 5.54. The van der Waals surface area contributed by atoms with Crippen LogP contribution in [0, 0.1) is 3.57 Å².